The minimum atomic E-state index is -0.0872. The first-order valence-corrected chi connectivity index (χ1v) is 10.2. The van der Waals surface area contributed by atoms with Gasteiger partial charge in [-0.15, -0.1) is 6.42 Å². The van der Waals surface area contributed by atoms with Crippen LogP contribution in [0.25, 0.3) is 10.2 Å². The summed E-state index contributed by atoms with van der Waals surface area (Å²) in [5.41, 5.74) is 0.818. The molecule has 0 radical (unpaired) electrons. The van der Waals surface area contributed by atoms with Crippen LogP contribution in [-0.4, -0.2) is 24.7 Å². The molecule has 0 atom stereocenters. The number of hydrogen-bond donors (Lipinski definition) is 0. The third-order valence-corrected chi connectivity index (χ3v) is 6.25. The minimum Gasteiger partial charge on any atom is -0.495 e. The number of rotatable bonds is 6. The molecular formula is C21H26N2O3S. The van der Waals surface area contributed by atoms with Crippen LogP contribution >= 0.6 is 11.3 Å². The fourth-order valence-corrected chi connectivity index (χ4v) is 4.90. The molecule has 5 nitrogen and oxygen atoms in total. The number of aromatic nitrogens is 1. The van der Waals surface area contributed by atoms with Gasteiger partial charge in [-0.3, -0.25) is 4.79 Å². The van der Waals surface area contributed by atoms with Crippen molar-refractivity contribution in [2.45, 2.75) is 51.5 Å². The summed E-state index contributed by atoms with van der Waals surface area (Å²) < 4.78 is 13.7. The van der Waals surface area contributed by atoms with Crippen LogP contribution in [0, 0.1) is 18.3 Å². The van der Waals surface area contributed by atoms with Crippen LogP contribution in [0.3, 0.4) is 0 Å². The molecule has 6 heteroatoms. The fourth-order valence-electron chi connectivity index (χ4n) is 3.74. The number of carbonyl (C=O) groups is 1. The molecule has 0 N–H and O–H groups in total. The molecule has 0 spiro atoms. The van der Waals surface area contributed by atoms with Crippen molar-refractivity contribution in [1.29, 1.82) is 0 Å². The van der Waals surface area contributed by atoms with E-state index < -0.39 is 0 Å². The Labute approximate surface area is 164 Å². The lowest BCUT2D eigenvalue weighted by atomic mass is 9.86. The summed E-state index contributed by atoms with van der Waals surface area (Å²) in [7, 11) is 3.24. The number of ether oxygens (including phenoxy) is 2. The molecular weight excluding hydrogens is 360 g/mol. The normalized spacial score (nSPS) is 15.7. The van der Waals surface area contributed by atoms with Crippen molar-refractivity contribution in [3.05, 3.63) is 16.9 Å². The summed E-state index contributed by atoms with van der Waals surface area (Å²) >= 11 is 1.41. The molecule has 0 aliphatic heterocycles. The second-order valence-corrected chi connectivity index (χ2v) is 7.85. The van der Waals surface area contributed by atoms with Crippen LogP contribution in [0.2, 0.25) is 0 Å². The maximum absolute atomic E-state index is 12.5. The number of nitrogens with zero attached hydrogens (tertiary/aromatic N) is 2. The Morgan fingerprint density at radius 3 is 2.63 bits per heavy atom. The van der Waals surface area contributed by atoms with Crippen LogP contribution in [-0.2, 0) is 11.3 Å². The second-order valence-electron chi connectivity index (χ2n) is 6.87. The van der Waals surface area contributed by atoms with E-state index in [0.29, 0.717) is 29.4 Å². The SMILES string of the molecule is C#CCn1c(=NC(=O)CCC2CCCCC2)sc2c(OC)ccc(OC)c21. The van der Waals surface area contributed by atoms with Gasteiger partial charge in [-0.25, -0.2) is 0 Å². The number of fused-ring (bicyclic) bond motifs is 1. The van der Waals surface area contributed by atoms with Crippen LogP contribution in [0.15, 0.2) is 17.1 Å². The van der Waals surface area contributed by atoms with Crippen LogP contribution < -0.4 is 14.3 Å². The van der Waals surface area contributed by atoms with E-state index in [1.54, 1.807) is 14.2 Å². The van der Waals surface area contributed by atoms with Gasteiger partial charge in [0.1, 0.15) is 21.7 Å². The van der Waals surface area contributed by atoms with Crippen molar-refractivity contribution in [3.63, 3.8) is 0 Å². The van der Waals surface area contributed by atoms with E-state index in [1.807, 2.05) is 16.7 Å². The van der Waals surface area contributed by atoms with Gasteiger partial charge < -0.3 is 14.0 Å². The topological polar surface area (TPSA) is 52.8 Å². The predicted molar refractivity (Wildman–Crippen MR) is 108 cm³/mol. The van der Waals surface area contributed by atoms with Gasteiger partial charge in [0.05, 0.1) is 20.8 Å². The monoisotopic (exact) mass is 386 g/mol. The Bertz CT molecular complexity index is 914. The molecule has 0 bridgehead atoms. The van der Waals surface area contributed by atoms with Crippen LogP contribution in [0.4, 0.5) is 0 Å². The Kier molecular flexibility index (Phi) is 6.57. The van der Waals surface area contributed by atoms with E-state index in [1.165, 1.54) is 43.4 Å². The van der Waals surface area contributed by atoms with Crippen molar-refractivity contribution in [2.24, 2.45) is 10.9 Å². The van der Waals surface area contributed by atoms with E-state index in [-0.39, 0.29) is 5.91 Å². The second kappa shape index (κ2) is 9.09. The van der Waals surface area contributed by atoms with Gasteiger partial charge in [0.2, 0.25) is 5.91 Å². The molecule has 1 aromatic heterocycles. The van der Waals surface area contributed by atoms with Gasteiger partial charge in [0.25, 0.3) is 0 Å². The van der Waals surface area contributed by atoms with Crippen molar-refractivity contribution >= 4 is 27.5 Å². The average molecular weight is 387 g/mol. The molecule has 3 rings (SSSR count). The van der Waals surface area contributed by atoms with Crippen LogP contribution in [0.5, 0.6) is 11.5 Å². The van der Waals surface area contributed by atoms with Crippen molar-refractivity contribution in [1.82, 2.24) is 4.57 Å². The zero-order valence-corrected chi connectivity index (χ0v) is 16.8. The Morgan fingerprint density at radius 2 is 1.96 bits per heavy atom. The molecule has 1 fully saturated rings. The smallest absolute Gasteiger partial charge is 0.248 e. The number of hydrogen-bond acceptors (Lipinski definition) is 4. The Balaban J connectivity index is 1.94. The molecule has 0 unspecified atom stereocenters. The summed E-state index contributed by atoms with van der Waals surface area (Å²) in [4.78, 5) is 17.5. The molecule has 27 heavy (non-hydrogen) atoms. The summed E-state index contributed by atoms with van der Waals surface area (Å²) in [5.74, 6) is 4.64. The minimum absolute atomic E-state index is 0.0872. The molecule has 144 valence electrons. The predicted octanol–water partition coefficient (Wildman–Crippen LogP) is 4.14. The van der Waals surface area contributed by atoms with E-state index in [4.69, 9.17) is 15.9 Å². The van der Waals surface area contributed by atoms with E-state index in [9.17, 15) is 4.79 Å². The average Bonchev–Trinajstić information content (AvgIpc) is 3.05. The van der Waals surface area contributed by atoms with E-state index in [0.717, 1.165) is 22.4 Å². The zero-order chi connectivity index (χ0) is 19.2. The van der Waals surface area contributed by atoms with Crippen molar-refractivity contribution < 1.29 is 14.3 Å². The van der Waals surface area contributed by atoms with Gasteiger partial charge in [-0.05, 0) is 24.5 Å². The molecule has 1 saturated carbocycles. The lowest BCUT2D eigenvalue weighted by Crippen LogP contribution is -2.17. The van der Waals surface area contributed by atoms with Gasteiger partial charge in [-0.1, -0.05) is 49.4 Å². The fraction of sp³-hybridized carbons (Fsp3) is 0.524. The Hall–Kier alpha value is -2.26. The van der Waals surface area contributed by atoms with Crippen molar-refractivity contribution in [3.8, 4) is 23.8 Å². The molecule has 2 aromatic rings. The highest BCUT2D eigenvalue weighted by Crippen LogP contribution is 2.35. The van der Waals surface area contributed by atoms with E-state index >= 15 is 0 Å². The molecule has 1 heterocycles. The highest BCUT2D eigenvalue weighted by Gasteiger charge is 2.17. The Morgan fingerprint density at radius 1 is 1.26 bits per heavy atom. The number of terminal acetylenes is 1. The third kappa shape index (κ3) is 4.36. The number of thiazole rings is 1. The highest BCUT2D eigenvalue weighted by molar-refractivity contribution is 7.16. The van der Waals surface area contributed by atoms with Gasteiger partial charge in [-0.2, -0.15) is 4.99 Å². The summed E-state index contributed by atoms with van der Waals surface area (Å²) in [6.07, 6.45) is 13.4. The van der Waals surface area contributed by atoms with Gasteiger partial charge in [0.15, 0.2) is 4.80 Å². The standard InChI is InChI=1S/C21H26N2O3S/c1-4-14-23-19-16(25-2)11-12-17(26-3)20(19)27-21(23)22-18(24)13-10-15-8-6-5-7-9-15/h1,11-12,15H,5-10,13-14H2,2-3H3. The molecule has 1 aromatic carbocycles. The molecule has 1 aliphatic carbocycles. The number of carbonyl (C=O) groups excluding carboxylic acids is 1. The molecule has 0 saturated heterocycles. The van der Waals surface area contributed by atoms with Gasteiger partial charge >= 0.3 is 0 Å². The summed E-state index contributed by atoms with van der Waals surface area (Å²) in [6, 6.07) is 3.70. The highest BCUT2D eigenvalue weighted by atomic mass is 32.1. The number of benzene rings is 1. The van der Waals surface area contributed by atoms with Gasteiger partial charge in [0, 0.05) is 6.42 Å². The first-order valence-electron chi connectivity index (χ1n) is 9.43. The van der Waals surface area contributed by atoms with E-state index in [2.05, 4.69) is 10.9 Å². The summed E-state index contributed by atoms with van der Waals surface area (Å²) in [5, 5.41) is 0. The van der Waals surface area contributed by atoms with Crippen molar-refractivity contribution in [2.75, 3.05) is 14.2 Å². The molecule has 1 amide bonds. The largest absolute Gasteiger partial charge is 0.495 e. The molecule has 1 aliphatic rings. The number of amides is 1. The zero-order valence-electron chi connectivity index (χ0n) is 16.0. The first-order chi connectivity index (χ1) is 13.2. The number of methoxy groups -OCH3 is 2. The van der Waals surface area contributed by atoms with Crippen LogP contribution in [0.1, 0.15) is 44.9 Å². The summed E-state index contributed by atoms with van der Waals surface area (Å²) in [6.45, 7) is 0.318. The lowest BCUT2D eigenvalue weighted by Gasteiger charge is -2.20. The maximum atomic E-state index is 12.5. The maximum Gasteiger partial charge on any atom is 0.248 e. The quantitative estimate of drug-likeness (QED) is 0.701. The third-order valence-electron chi connectivity index (χ3n) is 5.15. The lowest BCUT2D eigenvalue weighted by molar-refractivity contribution is -0.118. The first kappa shape index (κ1) is 19.5.